The van der Waals surface area contributed by atoms with Gasteiger partial charge in [-0.15, -0.1) is 0 Å². The molecule has 2 aromatic heterocycles. The van der Waals surface area contributed by atoms with Gasteiger partial charge in [0.25, 0.3) is 0 Å². The molecule has 0 aromatic carbocycles. The number of halogens is 1. The maximum Gasteiger partial charge on any atom is 0.154 e. The van der Waals surface area contributed by atoms with Crippen LogP contribution in [0.2, 0.25) is 0 Å². The van der Waals surface area contributed by atoms with Crippen molar-refractivity contribution in [3.8, 4) is 5.69 Å². The van der Waals surface area contributed by atoms with Crippen molar-refractivity contribution in [2.45, 2.75) is 72.3 Å². The summed E-state index contributed by atoms with van der Waals surface area (Å²) in [5.41, 5.74) is 5.67. The van der Waals surface area contributed by atoms with Crippen LogP contribution in [-0.4, -0.2) is 20.8 Å². The summed E-state index contributed by atoms with van der Waals surface area (Å²) in [4.78, 5) is 9.77. The molecule has 0 fully saturated rings. The van der Waals surface area contributed by atoms with E-state index in [9.17, 15) is 0 Å². The van der Waals surface area contributed by atoms with E-state index in [0.717, 1.165) is 51.5 Å². The van der Waals surface area contributed by atoms with Crippen molar-refractivity contribution < 1.29 is 0 Å². The monoisotopic (exact) mass is 450 g/mol. The number of aryl methyl sites for hydroxylation is 1. The van der Waals surface area contributed by atoms with E-state index in [-0.39, 0.29) is 0 Å². The van der Waals surface area contributed by atoms with Crippen LogP contribution in [0.5, 0.6) is 0 Å². The highest BCUT2D eigenvalue weighted by molar-refractivity contribution is 14.1. The zero-order valence-corrected chi connectivity index (χ0v) is 18.0. The summed E-state index contributed by atoms with van der Waals surface area (Å²) in [6.07, 6.45) is 6.43. The number of rotatable bonds is 4. The fourth-order valence-electron chi connectivity index (χ4n) is 3.53. The second-order valence-electron chi connectivity index (χ2n) is 7.23. The van der Waals surface area contributed by atoms with Crippen LogP contribution in [0.25, 0.3) is 11.8 Å². The summed E-state index contributed by atoms with van der Waals surface area (Å²) in [7, 11) is 0. The van der Waals surface area contributed by atoms with E-state index >= 15 is 0 Å². The zero-order valence-electron chi connectivity index (χ0n) is 15.8. The lowest BCUT2D eigenvalue weighted by Crippen LogP contribution is -2.32. The maximum absolute atomic E-state index is 4.95. The molecule has 1 unspecified atom stereocenters. The van der Waals surface area contributed by atoms with Gasteiger partial charge in [0.05, 0.1) is 11.4 Å². The van der Waals surface area contributed by atoms with E-state index in [1.807, 2.05) is 0 Å². The topological polar surface area (TPSA) is 43.1 Å². The van der Waals surface area contributed by atoms with Crippen LogP contribution in [0.4, 0.5) is 0 Å². The Morgan fingerprint density at radius 2 is 2.12 bits per heavy atom. The third kappa shape index (κ3) is 3.66. The quantitative estimate of drug-likeness (QED) is 0.665. The third-order valence-electron chi connectivity index (χ3n) is 4.79. The Bertz CT molecular complexity index is 895. The lowest BCUT2D eigenvalue weighted by molar-refractivity contribution is 0.669. The molecule has 1 aliphatic rings. The van der Waals surface area contributed by atoms with Gasteiger partial charge in [0, 0.05) is 22.5 Å². The summed E-state index contributed by atoms with van der Waals surface area (Å²) in [6, 6.07) is 2.58. The van der Waals surface area contributed by atoms with Crippen molar-refractivity contribution >= 4 is 28.7 Å². The highest BCUT2D eigenvalue weighted by atomic mass is 127. The van der Waals surface area contributed by atoms with Crippen molar-refractivity contribution in [3.05, 3.63) is 37.4 Å². The van der Waals surface area contributed by atoms with Crippen molar-refractivity contribution in [2.75, 3.05) is 0 Å². The lowest BCUT2D eigenvalue weighted by atomic mass is 10.0. The Kier molecular flexibility index (Phi) is 5.61. The molecule has 3 rings (SSSR count). The van der Waals surface area contributed by atoms with Gasteiger partial charge in [0.15, 0.2) is 5.49 Å². The molecule has 1 aliphatic heterocycles. The van der Waals surface area contributed by atoms with E-state index in [0.29, 0.717) is 12.0 Å². The molecule has 3 heterocycles. The van der Waals surface area contributed by atoms with Crippen molar-refractivity contribution in [1.82, 2.24) is 14.8 Å². The first-order chi connectivity index (χ1) is 11.9. The Hall–Kier alpha value is -1.24. The first kappa shape index (κ1) is 18.5. The Morgan fingerprint density at radius 1 is 1.36 bits per heavy atom. The minimum Gasteiger partial charge on any atom is -0.263 e. The predicted octanol–water partition coefficient (Wildman–Crippen LogP) is 3.84. The van der Waals surface area contributed by atoms with Crippen LogP contribution >= 0.6 is 22.6 Å². The highest BCUT2D eigenvalue weighted by Crippen LogP contribution is 2.27. The van der Waals surface area contributed by atoms with Gasteiger partial charge in [-0.25, -0.2) is 9.67 Å². The SMILES string of the molecule is CCCc1nc2c(cc1-n1nc(I)c(C(C)C)c1C)=CCCC(C)N=2. The molecule has 0 bridgehead atoms. The molecule has 0 aliphatic carbocycles. The molecule has 0 saturated heterocycles. The third-order valence-corrected chi connectivity index (χ3v) is 5.59. The van der Waals surface area contributed by atoms with Crippen LogP contribution in [0.1, 0.15) is 69.8 Å². The van der Waals surface area contributed by atoms with Crippen molar-refractivity contribution in [2.24, 2.45) is 4.99 Å². The van der Waals surface area contributed by atoms with Crippen LogP contribution < -0.4 is 10.7 Å². The molecule has 0 saturated carbocycles. The van der Waals surface area contributed by atoms with Crippen LogP contribution in [-0.2, 0) is 6.42 Å². The van der Waals surface area contributed by atoms with Gasteiger partial charge >= 0.3 is 0 Å². The van der Waals surface area contributed by atoms with E-state index in [1.165, 1.54) is 11.3 Å². The van der Waals surface area contributed by atoms with Crippen LogP contribution in [0, 0.1) is 10.6 Å². The standard InChI is InChI=1S/C20H27IN4/c1-6-8-16-17(25-14(5)18(12(2)3)19(21)24-25)11-15-10-7-9-13(4)22-20(15)23-16/h10-13H,6-9H2,1-5H3. The summed E-state index contributed by atoms with van der Waals surface area (Å²) in [5, 5.41) is 6.00. The number of hydrogen-bond donors (Lipinski definition) is 0. The van der Waals surface area contributed by atoms with Gasteiger partial charge in [-0.3, -0.25) is 4.99 Å². The molecule has 2 aromatic rings. The molecule has 134 valence electrons. The fourth-order valence-corrected chi connectivity index (χ4v) is 4.76. The lowest BCUT2D eigenvalue weighted by Gasteiger charge is -2.11. The summed E-state index contributed by atoms with van der Waals surface area (Å²) < 4.78 is 3.18. The number of fused-ring (bicyclic) bond motifs is 1. The molecule has 25 heavy (non-hydrogen) atoms. The molecular formula is C20H27IN4. The summed E-state index contributed by atoms with van der Waals surface area (Å²) in [6.45, 7) is 11.0. The van der Waals surface area contributed by atoms with Crippen LogP contribution in [0.3, 0.4) is 0 Å². The Labute approximate surface area is 163 Å². The highest BCUT2D eigenvalue weighted by Gasteiger charge is 2.19. The van der Waals surface area contributed by atoms with Gasteiger partial charge in [-0.1, -0.05) is 33.3 Å². The second kappa shape index (κ2) is 7.56. The second-order valence-corrected chi connectivity index (χ2v) is 8.25. The first-order valence-electron chi connectivity index (χ1n) is 9.25. The minimum atomic E-state index is 0.338. The molecule has 0 spiro atoms. The van der Waals surface area contributed by atoms with Crippen molar-refractivity contribution in [3.63, 3.8) is 0 Å². The van der Waals surface area contributed by atoms with Gasteiger partial charge in [0.2, 0.25) is 0 Å². The number of aromatic nitrogens is 3. The van der Waals surface area contributed by atoms with Crippen molar-refractivity contribution in [1.29, 1.82) is 0 Å². The molecule has 4 nitrogen and oxygen atoms in total. The molecule has 1 atom stereocenters. The molecule has 0 amide bonds. The van der Waals surface area contributed by atoms with Gasteiger partial charge < -0.3 is 0 Å². The average Bonchev–Trinajstić information content (AvgIpc) is 2.72. The fraction of sp³-hybridized carbons (Fsp3) is 0.550. The first-order valence-corrected chi connectivity index (χ1v) is 10.3. The number of pyridine rings is 1. The van der Waals surface area contributed by atoms with E-state index in [2.05, 4.69) is 74.0 Å². The molecular weight excluding hydrogens is 423 g/mol. The molecule has 5 heteroatoms. The van der Waals surface area contributed by atoms with Gasteiger partial charge in [0.1, 0.15) is 3.70 Å². The minimum absolute atomic E-state index is 0.338. The average molecular weight is 450 g/mol. The molecule has 0 radical (unpaired) electrons. The largest absolute Gasteiger partial charge is 0.263 e. The van der Waals surface area contributed by atoms with E-state index < -0.39 is 0 Å². The zero-order chi connectivity index (χ0) is 18.1. The summed E-state index contributed by atoms with van der Waals surface area (Å²) >= 11 is 2.36. The Morgan fingerprint density at radius 3 is 2.76 bits per heavy atom. The Balaban J connectivity index is 2.27. The van der Waals surface area contributed by atoms with E-state index in [4.69, 9.17) is 15.1 Å². The summed E-state index contributed by atoms with van der Waals surface area (Å²) in [5.74, 6) is 0.464. The molecule has 0 N–H and O–H groups in total. The van der Waals surface area contributed by atoms with E-state index in [1.54, 1.807) is 0 Å². The maximum atomic E-state index is 4.95. The van der Waals surface area contributed by atoms with Gasteiger partial charge in [-0.2, -0.15) is 5.10 Å². The number of nitrogens with zero attached hydrogens (tertiary/aromatic N) is 4. The number of hydrogen-bond acceptors (Lipinski definition) is 3. The predicted molar refractivity (Wildman–Crippen MR) is 111 cm³/mol. The van der Waals surface area contributed by atoms with Crippen LogP contribution in [0.15, 0.2) is 11.1 Å². The normalized spacial score (nSPS) is 17.0. The van der Waals surface area contributed by atoms with Gasteiger partial charge in [-0.05, 0) is 67.7 Å². The smallest absolute Gasteiger partial charge is 0.154 e.